The zero-order valence-corrected chi connectivity index (χ0v) is 34.0. The maximum absolute atomic E-state index is 14.1. The van der Waals surface area contributed by atoms with Crippen LogP contribution < -0.4 is 8.01 Å². The van der Waals surface area contributed by atoms with Crippen molar-refractivity contribution in [1.29, 1.82) is 5.26 Å². The highest BCUT2D eigenvalue weighted by Gasteiger charge is 2.35. The first-order valence-corrected chi connectivity index (χ1v) is 20.3. The summed E-state index contributed by atoms with van der Waals surface area (Å²) in [6, 6.07) is 37.4. The summed E-state index contributed by atoms with van der Waals surface area (Å²) in [5, 5.41) is 15.3. The number of thiophene rings is 2. The molecule has 9 heteroatoms. The Morgan fingerprint density at radius 1 is 0.611 bits per heavy atom. The van der Waals surface area contributed by atoms with Gasteiger partial charge in [0.15, 0.2) is 0 Å². The smallest absolute Gasteiger partial charge is 0.342 e. The fourth-order valence-corrected chi connectivity index (χ4v) is 11.5. The van der Waals surface area contributed by atoms with Crippen molar-refractivity contribution in [3.8, 4) is 17.2 Å². The highest BCUT2D eigenvalue weighted by Crippen LogP contribution is 2.49. The minimum atomic E-state index is -4.49. The van der Waals surface area contributed by atoms with Crippen LogP contribution in [0.25, 0.3) is 51.5 Å². The number of para-hydroxylation sites is 1. The molecule has 0 unspecified atom stereocenters. The fraction of sp³-hybridized carbons (Fsp3) is 0.178. The third kappa shape index (κ3) is 5.99. The molecule has 2 aromatic heterocycles. The maximum Gasteiger partial charge on any atom is 0.418 e. The van der Waals surface area contributed by atoms with Gasteiger partial charge in [-0.05, 0) is 71.0 Å². The molecule has 0 saturated carbocycles. The van der Waals surface area contributed by atoms with Crippen LogP contribution in [-0.4, -0.2) is 7.05 Å². The van der Waals surface area contributed by atoms with E-state index < -0.39 is 11.7 Å². The van der Waals surface area contributed by atoms with Crippen molar-refractivity contribution < 1.29 is 13.2 Å². The quantitative estimate of drug-likeness (QED) is 0.118. The molecule has 0 bridgehead atoms. The minimum absolute atomic E-state index is 0.0895. The van der Waals surface area contributed by atoms with E-state index in [4.69, 9.17) is 0 Å². The summed E-state index contributed by atoms with van der Waals surface area (Å²) in [4.78, 5) is 2.14. The van der Waals surface area contributed by atoms with Gasteiger partial charge in [0.2, 0.25) is 0 Å². The number of nitriles is 1. The van der Waals surface area contributed by atoms with Crippen LogP contribution in [0.3, 0.4) is 0 Å². The Kier molecular flexibility index (Phi) is 9.36. The van der Waals surface area contributed by atoms with Crippen molar-refractivity contribution in [2.45, 2.75) is 45.7 Å². The van der Waals surface area contributed by atoms with Gasteiger partial charge < -0.3 is 4.90 Å². The lowest BCUT2D eigenvalue weighted by Gasteiger charge is -2.23. The molecular weight excluding hydrogens is 831 g/mol. The number of hydrogen-bond acceptors (Lipinski definition) is 5. The molecule has 8 aromatic rings. The maximum atomic E-state index is 14.1. The van der Waals surface area contributed by atoms with Gasteiger partial charge in [-0.25, -0.2) is 0 Å². The highest BCUT2D eigenvalue weighted by molar-refractivity contribution is 14.1. The fourth-order valence-electron chi connectivity index (χ4n) is 7.52. The van der Waals surface area contributed by atoms with E-state index >= 15 is 0 Å². The van der Waals surface area contributed by atoms with Gasteiger partial charge in [-0.2, -0.15) is 18.4 Å². The third-order valence-electron chi connectivity index (χ3n) is 10.2. The van der Waals surface area contributed by atoms with Crippen LogP contribution >= 0.6 is 45.5 Å². The molecule has 0 spiro atoms. The van der Waals surface area contributed by atoms with E-state index in [1.54, 1.807) is 20.5 Å². The molecule has 0 saturated heterocycles. The van der Waals surface area contributed by atoms with Gasteiger partial charge in [-0.15, -0.1) is 22.7 Å². The summed E-state index contributed by atoms with van der Waals surface area (Å²) in [7, 11) is 2.03. The number of halogens is 4. The minimum Gasteiger partial charge on any atom is -0.342 e. The Morgan fingerprint density at radius 3 is 1.81 bits per heavy atom. The summed E-state index contributed by atoms with van der Waals surface area (Å²) in [5.74, 6) is 0.555. The van der Waals surface area contributed by atoms with Crippen molar-refractivity contribution >= 4 is 109 Å². The van der Waals surface area contributed by atoms with Crippen LogP contribution in [0.4, 0.5) is 35.9 Å². The first kappa shape index (κ1) is 36.4. The van der Waals surface area contributed by atoms with Crippen molar-refractivity contribution in [1.82, 2.24) is 0 Å². The molecule has 270 valence electrons. The molecule has 0 radical (unpaired) electrons. The average molecular weight is 866 g/mol. The van der Waals surface area contributed by atoms with E-state index in [0.717, 1.165) is 54.3 Å². The zero-order valence-electron chi connectivity index (χ0n) is 30.2. The number of anilines is 4. The summed E-state index contributed by atoms with van der Waals surface area (Å²) in [6.07, 6.45) is -4.49. The van der Waals surface area contributed by atoms with E-state index in [1.807, 2.05) is 77.6 Å². The topological polar surface area (TPSA) is 30.3 Å². The van der Waals surface area contributed by atoms with Crippen LogP contribution in [0.2, 0.25) is 0 Å². The monoisotopic (exact) mass is 865 g/mol. The number of rotatable bonds is 7. The Morgan fingerprint density at radius 2 is 1.15 bits per heavy atom. The molecule has 8 rings (SSSR count). The van der Waals surface area contributed by atoms with Crippen LogP contribution in [-0.2, 0) is 6.18 Å². The Balaban J connectivity index is 1.28. The molecule has 0 atom stereocenters. The Labute approximate surface area is 334 Å². The number of nitrogens with zero attached hydrogens (tertiary/aromatic N) is 3. The second-order valence-electron chi connectivity index (χ2n) is 14.2. The Bertz CT molecular complexity index is 2790. The molecule has 0 fully saturated rings. The number of alkyl halides is 3. The lowest BCUT2D eigenvalue weighted by Crippen LogP contribution is -2.12. The SMILES string of the molecule is CC(C)c1cccc2c1sc1c(N(C)c3cccc(-c4cc(C(C)C)c5sc6c(N(I)c7ccccc7C(F)(F)F)cccc6c5c4)c3C#N)cccc12. The number of fused-ring (bicyclic) bond motifs is 6. The molecule has 0 N–H and O–H groups in total. The molecule has 2 heterocycles. The van der Waals surface area contributed by atoms with Crippen LogP contribution in [0.15, 0.2) is 109 Å². The van der Waals surface area contributed by atoms with E-state index in [-0.39, 0.29) is 11.6 Å². The van der Waals surface area contributed by atoms with E-state index in [2.05, 4.69) is 87.2 Å². The third-order valence-corrected chi connectivity index (χ3v) is 13.8. The van der Waals surface area contributed by atoms with E-state index in [0.29, 0.717) is 17.2 Å². The molecular formula is C45H35F3IN3S2. The summed E-state index contributed by atoms with van der Waals surface area (Å²) >= 11 is 5.40. The van der Waals surface area contributed by atoms with Crippen LogP contribution in [0, 0.1) is 11.3 Å². The summed E-state index contributed by atoms with van der Waals surface area (Å²) in [5.41, 5.74) is 6.77. The van der Waals surface area contributed by atoms with Gasteiger partial charge in [-0.1, -0.05) is 94.4 Å². The van der Waals surface area contributed by atoms with Crippen LogP contribution in [0.1, 0.15) is 61.8 Å². The van der Waals surface area contributed by atoms with Gasteiger partial charge in [0, 0.05) is 43.6 Å². The predicted molar refractivity (Wildman–Crippen MR) is 233 cm³/mol. The molecule has 0 aliphatic heterocycles. The number of benzene rings is 6. The molecule has 0 aliphatic carbocycles. The first-order chi connectivity index (χ1) is 25.9. The van der Waals surface area contributed by atoms with Gasteiger partial charge in [0.25, 0.3) is 0 Å². The summed E-state index contributed by atoms with van der Waals surface area (Å²) < 4.78 is 48.4. The first-order valence-electron chi connectivity index (χ1n) is 17.7. The molecule has 3 nitrogen and oxygen atoms in total. The van der Waals surface area contributed by atoms with Crippen molar-refractivity contribution in [3.05, 3.63) is 131 Å². The van der Waals surface area contributed by atoms with Gasteiger partial charge >= 0.3 is 6.18 Å². The lowest BCUT2D eigenvalue weighted by atomic mass is 9.92. The number of hydrogen-bond donors (Lipinski definition) is 0. The van der Waals surface area contributed by atoms with Crippen molar-refractivity contribution in [2.75, 3.05) is 15.1 Å². The van der Waals surface area contributed by atoms with Gasteiger partial charge in [0.05, 0.1) is 66.1 Å². The van der Waals surface area contributed by atoms with Crippen LogP contribution in [0.5, 0.6) is 0 Å². The zero-order chi connectivity index (χ0) is 38.1. The highest BCUT2D eigenvalue weighted by atomic mass is 127. The molecule has 6 aromatic carbocycles. The summed E-state index contributed by atoms with van der Waals surface area (Å²) in [6.45, 7) is 8.76. The van der Waals surface area contributed by atoms with E-state index in [9.17, 15) is 18.4 Å². The molecule has 0 amide bonds. The molecule has 0 aliphatic rings. The molecule has 54 heavy (non-hydrogen) atoms. The average Bonchev–Trinajstić information content (AvgIpc) is 3.75. The van der Waals surface area contributed by atoms with Gasteiger partial charge in [0.1, 0.15) is 6.07 Å². The Hall–Kier alpha value is -4.63. The van der Waals surface area contributed by atoms with E-state index in [1.165, 1.54) is 37.9 Å². The van der Waals surface area contributed by atoms with Gasteiger partial charge in [-0.3, -0.25) is 3.11 Å². The largest absolute Gasteiger partial charge is 0.418 e. The second-order valence-corrected chi connectivity index (χ2v) is 17.2. The second kappa shape index (κ2) is 13.9. The normalized spacial score (nSPS) is 12.1. The predicted octanol–water partition coefficient (Wildman–Crippen LogP) is 15.5. The van der Waals surface area contributed by atoms with Crippen molar-refractivity contribution in [2.24, 2.45) is 0 Å². The van der Waals surface area contributed by atoms with Crippen molar-refractivity contribution in [3.63, 3.8) is 0 Å². The lowest BCUT2D eigenvalue weighted by molar-refractivity contribution is -0.137. The standard InChI is InChI=1S/C45H35F3IN3S2/c1-25(2)28-12-8-14-30-31-15-10-20-39(43(31)53-41(28)30)51(5)37-19-9-13-29(35(37)24-50)27-22-33(26(3)4)42-34(23-27)32-16-11-21-40(44(32)54-42)52(49)38-18-7-6-17-36(38)45(46,47)48/h6-23,25-26H,1-5H3.